The molecule has 0 N–H and O–H groups in total. The summed E-state index contributed by atoms with van der Waals surface area (Å²) >= 11 is 12.8. The quantitative estimate of drug-likeness (QED) is 0.334. The Morgan fingerprint density at radius 3 is 2.53 bits per heavy atom. The third kappa shape index (κ3) is 6.28. The molecule has 0 unspecified atom stereocenters. The van der Waals surface area contributed by atoms with Gasteiger partial charge >= 0.3 is 5.97 Å². The van der Waals surface area contributed by atoms with Crippen LogP contribution in [0.2, 0.25) is 10.0 Å². The smallest absolute Gasteiger partial charge is 0.326 e. The normalized spacial score (nSPS) is 15.9. The molecule has 1 fully saturated rings. The highest BCUT2D eigenvalue weighted by Crippen LogP contribution is 2.32. The van der Waals surface area contributed by atoms with Gasteiger partial charge in [0.15, 0.2) is 0 Å². The van der Waals surface area contributed by atoms with E-state index in [1.54, 1.807) is 55.5 Å². The van der Waals surface area contributed by atoms with Gasteiger partial charge in [-0.2, -0.15) is 0 Å². The summed E-state index contributed by atoms with van der Waals surface area (Å²) in [7, 11) is 0. The van der Waals surface area contributed by atoms with Crippen molar-refractivity contribution in [2.45, 2.75) is 33.0 Å². The van der Waals surface area contributed by atoms with Crippen molar-refractivity contribution in [3.63, 3.8) is 0 Å². The number of amides is 2. The minimum Gasteiger partial charge on any atom is -0.489 e. The lowest BCUT2D eigenvalue weighted by atomic mass is 10.2. The van der Waals surface area contributed by atoms with Gasteiger partial charge in [-0.05, 0) is 61.0 Å². The van der Waals surface area contributed by atoms with Gasteiger partial charge in [0.05, 0.1) is 11.0 Å². The van der Waals surface area contributed by atoms with Crippen LogP contribution in [0.1, 0.15) is 31.4 Å². The molecule has 0 aromatic heterocycles. The lowest BCUT2D eigenvalue weighted by Gasteiger charge is -2.14. The first-order chi connectivity index (χ1) is 15.3. The van der Waals surface area contributed by atoms with Crippen LogP contribution in [0.3, 0.4) is 0 Å². The summed E-state index contributed by atoms with van der Waals surface area (Å²) in [6.07, 6.45) is 1.99. The summed E-state index contributed by atoms with van der Waals surface area (Å²) in [5.41, 5.74) is 1.52. The maximum Gasteiger partial charge on any atom is 0.326 e. The summed E-state index contributed by atoms with van der Waals surface area (Å²) in [6.45, 7) is 3.51. The number of thioether (sulfide) groups is 1. The molecule has 2 aromatic carbocycles. The summed E-state index contributed by atoms with van der Waals surface area (Å²) in [5.74, 6) is -0.502. The highest BCUT2D eigenvalue weighted by Gasteiger charge is 2.36. The molecule has 1 aliphatic heterocycles. The number of nitrogens with zero attached hydrogens (tertiary/aromatic N) is 1. The van der Waals surface area contributed by atoms with Crippen LogP contribution in [0.5, 0.6) is 5.75 Å². The number of carbonyl (C=O) groups excluding carboxylic acids is 3. The summed E-state index contributed by atoms with van der Waals surface area (Å²) < 4.78 is 10.9. The zero-order valence-corrected chi connectivity index (χ0v) is 19.8. The molecule has 2 aromatic rings. The Kier molecular flexibility index (Phi) is 8.23. The highest BCUT2D eigenvalue weighted by molar-refractivity contribution is 8.18. The van der Waals surface area contributed by atoms with Crippen LogP contribution in [0.4, 0.5) is 4.79 Å². The number of halogens is 2. The number of carbonyl (C=O) groups is 3. The second-order valence-electron chi connectivity index (χ2n) is 7.07. The van der Waals surface area contributed by atoms with Crippen molar-refractivity contribution < 1.29 is 23.9 Å². The van der Waals surface area contributed by atoms with Crippen LogP contribution in [0, 0.1) is 0 Å². The van der Waals surface area contributed by atoms with E-state index in [9.17, 15) is 14.4 Å². The molecular formula is C23H21Cl2NO5S. The molecule has 2 amide bonds. The third-order valence-corrected chi connectivity index (χ3v) is 6.15. The second-order valence-corrected chi connectivity index (χ2v) is 8.91. The lowest BCUT2D eigenvalue weighted by molar-refractivity contribution is -0.150. The average molecular weight is 494 g/mol. The van der Waals surface area contributed by atoms with Gasteiger partial charge in [0, 0.05) is 15.6 Å². The average Bonchev–Trinajstić information content (AvgIpc) is 3.01. The minimum absolute atomic E-state index is 0.243. The standard InChI is InChI=1S/C23H21Cl2NO5S/c1-3-14(2)31-21(27)12-26-22(28)20(32-23(26)29)10-15-4-8-18(9-5-15)30-13-16-6-7-17(24)11-19(16)25/h4-11,14H,3,12-13H2,1-2H3/b20-10+/t14-/m0/s1. The lowest BCUT2D eigenvalue weighted by Crippen LogP contribution is -2.35. The van der Waals surface area contributed by atoms with Crippen molar-refractivity contribution >= 4 is 58.2 Å². The number of imide groups is 1. The first kappa shape index (κ1) is 24.2. The van der Waals surface area contributed by atoms with Crippen LogP contribution >= 0.6 is 35.0 Å². The second kappa shape index (κ2) is 10.9. The van der Waals surface area contributed by atoms with Crippen molar-refractivity contribution in [1.82, 2.24) is 4.90 Å². The van der Waals surface area contributed by atoms with Gasteiger partial charge in [-0.1, -0.05) is 48.3 Å². The van der Waals surface area contributed by atoms with Crippen molar-refractivity contribution in [3.05, 3.63) is 68.5 Å². The van der Waals surface area contributed by atoms with Crippen molar-refractivity contribution in [3.8, 4) is 5.75 Å². The fraction of sp³-hybridized carbons (Fsp3) is 0.261. The van der Waals surface area contributed by atoms with Crippen molar-refractivity contribution in [2.75, 3.05) is 6.54 Å². The zero-order chi connectivity index (χ0) is 23.3. The number of ether oxygens (including phenoxy) is 2. The van der Waals surface area contributed by atoms with Gasteiger partial charge in [0.2, 0.25) is 0 Å². The molecule has 1 heterocycles. The Bertz CT molecular complexity index is 1050. The van der Waals surface area contributed by atoms with Crippen LogP contribution in [0.25, 0.3) is 6.08 Å². The van der Waals surface area contributed by atoms with E-state index in [0.29, 0.717) is 22.2 Å². The monoisotopic (exact) mass is 493 g/mol. The van der Waals surface area contributed by atoms with E-state index in [4.69, 9.17) is 32.7 Å². The zero-order valence-electron chi connectivity index (χ0n) is 17.5. The number of esters is 1. The Balaban J connectivity index is 1.61. The molecular weight excluding hydrogens is 473 g/mol. The minimum atomic E-state index is -0.606. The molecule has 9 heteroatoms. The Morgan fingerprint density at radius 1 is 1.16 bits per heavy atom. The molecule has 168 valence electrons. The maximum atomic E-state index is 12.6. The van der Waals surface area contributed by atoms with E-state index in [1.165, 1.54) is 0 Å². The molecule has 32 heavy (non-hydrogen) atoms. The number of rotatable bonds is 8. The molecule has 0 saturated carbocycles. The van der Waals surface area contributed by atoms with Gasteiger partial charge in [-0.3, -0.25) is 19.3 Å². The number of hydrogen-bond acceptors (Lipinski definition) is 6. The summed E-state index contributed by atoms with van der Waals surface area (Å²) in [4.78, 5) is 37.8. The van der Waals surface area contributed by atoms with E-state index in [-0.39, 0.29) is 17.6 Å². The van der Waals surface area contributed by atoms with Crippen LogP contribution in [-0.2, 0) is 20.9 Å². The molecule has 0 aliphatic carbocycles. The molecule has 0 radical (unpaired) electrons. The largest absolute Gasteiger partial charge is 0.489 e. The predicted octanol–water partition coefficient (Wildman–Crippen LogP) is 5.95. The van der Waals surface area contributed by atoms with Crippen molar-refractivity contribution in [2.24, 2.45) is 0 Å². The summed E-state index contributed by atoms with van der Waals surface area (Å²) in [6, 6.07) is 12.2. The Morgan fingerprint density at radius 2 is 1.88 bits per heavy atom. The van der Waals surface area contributed by atoms with E-state index in [2.05, 4.69) is 0 Å². The molecule has 1 saturated heterocycles. The highest BCUT2D eigenvalue weighted by atomic mass is 35.5. The van der Waals surface area contributed by atoms with Crippen LogP contribution in [0.15, 0.2) is 47.4 Å². The van der Waals surface area contributed by atoms with E-state index in [1.807, 2.05) is 6.92 Å². The predicted molar refractivity (Wildman–Crippen MR) is 126 cm³/mol. The van der Waals surface area contributed by atoms with Crippen LogP contribution < -0.4 is 4.74 Å². The Hall–Kier alpha value is -2.48. The number of benzene rings is 2. The van der Waals surface area contributed by atoms with E-state index >= 15 is 0 Å². The SMILES string of the molecule is CC[C@H](C)OC(=O)CN1C(=O)S/C(=C/c2ccc(OCc3ccc(Cl)cc3Cl)cc2)C1=O. The van der Waals surface area contributed by atoms with E-state index in [0.717, 1.165) is 27.8 Å². The topological polar surface area (TPSA) is 72.9 Å². The van der Waals surface area contributed by atoms with Gasteiger partial charge in [0.1, 0.15) is 18.9 Å². The molecule has 3 rings (SSSR count). The van der Waals surface area contributed by atoms with Gasteiger partial charge in [0.25, 0.3) is 11.1 Å². The number of hydrogen-bond donors (Lipinski definition) is 0. The fourth-order valence-corrected chi connectivity index (χ4v) is 4.02. The molecule has 6 nitrogen and oxygen atoms in total. The van der Waals surface area contributed by atoms with E-state index < -0.39 is 23.7 Å². The molecule has 0 bridgehead atoms. The van der Waals surface area contributed by atoms with Gasteiger partial charge in [-0.15, -0.1) is 0 Å². The first-order valence-corrected chi connectivity index (χ1v) is 11.5. The summed E-state index contributed by atoms with van der Waals surface area (Å²) in [5, 5.41) is 0.583. The van der Waals surface area contributed by atoms with Crippen LogP contribution in [-0.4, -0.2) is 34.7 Å². The third-order valence-electron chi connectivity index (χ3n) is 4.66. The fourth-order valence-electron chi connectivity index (χ4n) is 2.72. The molecule has 1 aliphatic rings. The van der Waals surface area contributed by atoms with Gasteiger partial charge < -0.3 is 9.47 Å². The first-order valence-electron chi connectivity index (χ1n) is 9.88. The van der Waals surface area contributed by atoms with Crippen molar-refractivity contribution in [1.29, 1.82) is 0 Å². The maximum absolute atomic E-state index is 12.6. The molecule has 0 spiro atoms. The molecule has 1 atom stereocenters. The van der Waals surface area contributed by atoms with Gasteiger partial charge in [-0.25, -0.2) is 0 Å². The Labute approximate surface area is 200 Å².